The van der Waals surface area contributed by atoms with Gasteiger partial charge in [0.2, 0.25) is 0 Å². The molecule has 1 aromatic carbocycles. The van der Waals surface area contributed by atoms with E-state index in [2.05, 4.69) is 4.74 Å². The van der Waals surface area contributed by atoms with E-state index in [0.717, 1.165) is 0 Å². The molecule has 17 heavy (non-hydrogen) atoms. The number of hydrogen-bond donors (Lipinski definition) is 0. The molecule has 1 rings (SSSR count). The van der Waals surface area contributed by atoms with Gasteiger partial charge in [0, 0.05) is 0 Å². The Labute approximate surface area is 102 Å². The van der Waals surface area contributed by atoms with E-state index in [-0.39, 0.29) is 4.90 Å². The van der Waals surface area contributed by atoms with Crippen molar-refractivity contribution in [1.82, 2.24) is 0 Å². The van der Waals surface area contributed by atoms with Crippen LogP contribution in [0.5, 0.6) is 0 Å². The molecule has 0 aliphatic carbocycles. The van der Waals surface area contributed by atoms with E-state index < -0.39 is 27.0 Å². The monoisotopic (exact) mass is 256 g/mol. The lowest BCUT2D eigenvalue weighted by Crippen LogP contribution is -2.31. The third-order valence-corrected chi connectivity index (χ3v) is 5.15. The fraction of sp³-hybridized carbons (Fsp3) is 0.417. The van der Waals surface area contributed by atoms with Crippen LogP contribution >= 0.6 is 0 Å². The molecule has 0 heterocycles. The fourth-order valence-electron chi connectivity index (χ4n) is 1.47. The van der Waals surface area contributed by atoms with E-state index >= 15 is 0 Å². The first-order valence-electron chi connectivity index (χ1n) is 5.28. The maximum absolute atomic E-state index is 12.2. The Hall–Kier alpha value is -1.36. The van der Waals surface area contributed by atoms with Gasteiger partial charge in [0.15, 0.2) is 9.84 Å². The van der Waals surface area contributed by atoms with Crippen LogP contribution in [0.3, 0.4) is 0 Å². The van der Waals surface area contributed by atoms with Gasteiger partial charge in [0.1, 0.15) is 0 Å². The summed E-state index contributed by atoms with van der Waals surface area (Å²) < 4.78 is 28.9. The molecule has 0 aliphatic rings. The molecule has 0 spiro atoms. The molecule has 4 nitrogen and oxygen atoms in total. The van der Waals surface area contributed by atoms with Gasteiger partial charge in [-0.05, 0) is 19.1 Å². The maximum atomic E-state index is 12.2. The van der Waals surface area contributed by atoms with Crippen LogP contribution in [0, 0.1) is 5.92 Å². The summed E-state index contributed by atoms with van der Waals surface area (Å²) in [5.41, 5.74) is 0. The highest BCUT2D eigenvalue weighted by Gasteiger charge is 2.32. The molecule has 0 bridgehead atoms. The number of rotatable bonds is 4. The number of esters is 1. The lowest BCUT2D eigenvalue weighted by molar-refractivity contribution is -0.144. The highest BCUT2D eigenvalue weighted by molar-refractivity contribution is 7.92. The molecule has 5 heteroatoms. The topological polar surface area (TPSA) is 60.4 Å². The number of ether oxygens (including phenoxy) is 1. The van der Waals surface area contributed by atoms with E-state index in [4.69, 9.17) is 0 Å². The summed E-state index contributed by atoms with van der Waals surface area (Å²) in [6.45, 7) is 3.07. The van der Waals surface area contributed by atoms with Crippen LogP contribution in [0.15, 0.2) is 35.2 Å². The van der Waals surface area contributed by atoms with E-state index in [9.17, 15) is 13.2 Å². The highest BCUT2D eigenvalue weighted by atomic mass is 32.2. The SMILES string of the molecule is COC(=O)C(C)C(C)S(=O)(=O)c1ccccc1. The molecular weight excluding hydrogens is 240 g/mol. The minimum absolute atomic E-state index is 0.225. The molecule has 0 N–H and O–H groups in total. The van der Waals surface area contributed by atoms with Crippen molar-refractivity contribution in [2.75, 3.05) is 7.11 Å². The second kappa shape index (κ2) is 5.31. The van der Waals surface area contributed by atoms with E-state index in [1.54, 1.807) is 25.1 Å². The van der Waals surface area contributed by atoms with E-state index in [0.29, 0.717) is 0 Å². The van der Waals surface area contributed by atoms with Gasteiger partial charge in [0.25, 0.3) is 0 Å². The molecule has 0 aromatic heterocycles. The Bertz CT molecular complexity index is 478. The van der Waals surface area contributed by atoms with Crippen LogP contribution in [0.1, 0.15) is 13.8 Å². The second-order valence-electron chi connectivity index (χ2n) is 3.88. The quantitative estimate of drug-likeness (QED) is 0.769. The zero-order valence-corrected chi connectivity index (χ0v) is 10.9. The van der Waals surface area contributed by atoms with Gasteiger partial charge in [-0.15, -0.1) is 0 Å². The van der Waals surface area contributed by atoms with Crippen LogP contribution in [-0.4, -0.2) is 26.7 Å². The predicted octanol–water partition coefficient (Wildman–Crippen LogP) is 1.66. The van der Waals surface area contributed by atoms with Gasteiger partial charge >= 0.3 is 5.97 Å². The summed E-state index contributed by atoms with van der Waals surface area (Å²) in [6.07, 6.45) is 0. The van der Waals surface area contributed by atoms with Crippen molar-refractivity contribution in [2.45, 2.75) is 24.0 Å². The molecule has 0 saturated heterocycles. The lowest BCUT2D eigenvalue weighted by atomic mass is 10.1. The van der Waals surface area contributed by atoms with Gasteiger partial charge in [-0.2, -0.15) is 0 Å². The van der Waals surface area contributed by atoms with Crippen molar-refractivity contribution in [3.63, 3.8) is 0 Å². The number of benzene rings is 1. The molecule has 0 aliphatic heterocycles. The Morgan fingerprint density at radius 1 is 1.18 bits per heavy atom. The summed E-state index contributed by atoms with van der Waals surface area (Å²) >= 11 is 0. The molecule has 1 aromatic rings. The Balaban J connectivity index is 3.04. The zero-order chi connectivity index (χ0) is 13.1. The average molecular weight is 256 g/mol. The van der Waals surface area contributed by atoms with Gasteiger partial charge in [-0.1, -0.05) is 25.1 Å². The first kappa shape index (κ1) is 13.7. The van der Waals surface area contributed by atoms with Crippen LogP contribution in [0.2, 0.25) is 0 Å². The molecule has 0 amide bonds. The fourth-order valence-corrected chi connectivity index (χ4v) is 3.09. The van der Waals surface area contributed by atoms with Crippen molar-refractivity contribution < 1.29 is 17.9 Å². The summed E-state index contributed by atoms with van der Waals surface area (Å²) in [6, 6.07) is 8.10. The largest absolute Gasteiger partial charge is 0.469 e. The van der Waals surface area contributed by atoms with Crippen LogP contribution in [0.4, 0.5) is 0 Å². The smallest absolute Gasteiger partial charge is 0.309 e. The third kappa shape index (κ3) is 2.85. The molecule has 2 atom stereocenters. The summed E-state index contributed by atoms with van der Waals surface area (Å²) in [7, 11) is -2.24. The second-order valence-corrected chi connectivity index (χ2v) is 6.18. The van der Waals surface area contributed by atoms with Crippen molar-refractivity contribution >= 4 is 15.8 Å². The van der Waals surface area contributed by atoms with Crippen molar-refractivity contribution in [2.24, 2.45) is 5.92 Å². The van der Waals surface area contributed by atoms with E-state index in [1.165, 1.54) is 26.2 Å². The first-order chi connectivity index (χ1) is 7.91. The van der Waals surface area contributed by atoms with Crippen molar-refractivity contribution in [1.29, 1.82) is 0 Å². The average Bonchev–Trinajstić information content (AvgIpc) is 2.37. The number of carbonyl (C=O) groups is 1. The molecule has 0 radical (unpaired) electrons. The Morgan fingerprint density at radius 3 is 2.18 bits per heavy atom. The normalized spacial score (nSPS) is 15.0. The van der Waals surface area contributed by atoms with Gasteiger partial charge in [-0.3, -0.25) is 4.79 Å². The van der Waals surface area contributed by atoms with Crippen LogP contribution in [0.25, 0.3) is 0 Å². The lowest BCUT2D eigenvalue weighted by Gasteiger charge is -2.18. The molecule has 0 fully saturated rings. The number of sulfone groups is 1. The minimum atomic E-state index is -3.49. The number of methoxy groups -OCH3 is 1. The Morgan fingerprint density at radius 2 is 1.71 bits per heavy atom. The third-order valence-electron chi connectivity index (χ3n) is 2.84. The highest BCUT2D eigenvalue weighted by Crippen LogP contribution is 2.21. The van der Waals surface area contributed by atoms with Crippen molar-refractivity contribution in [3.8, 4) is 0 Å². The molecule has 0 saturated carbocycles. The number of carbonyl (C=O) groups excluding carboxylic acids is 1. The van der Waals surface area contributed by atoms with Crippen LogP contribution in [-0.2, 0) is 19.4 Å². The Kier molecular flexibility index (Phi) is 4.28. The molecular formula is C12H16O4S. The minimum Gasteiger partial charge on any atom is -0.469 e. The summed E-state index contributed by atoms with van der Waals surface area (Å²) in [5.74, 6) is -1.21. The van der Waals surface area contributed by atoms with Crippen LogP contribution < -0.4 is 0 Å². The van der Waals surface area contributed by atoms with Crippen molar-refractivity contribution in [3.05, 3.63) is 30.3 Å². The zero-order valence-electron chi connectivity index (χ0n) is 10.1. The van der Waals surface area contributed by atoms with Gasteiger partial charge in [-0.25, -0.2) is 8.42 Å². The number of hydrogen-bond acceptors (Lipinski definition) is 4. The maximum Gasteiger partial charge on any atom is 0.309 e. The molecule has 94 valence electrons. The van der Waals surface area contributed by atoms with Gasteiger partial charge in [0.05, 0.1) is 23.2 Å². The molecule has 2 unspecified atom stereocenters. The predicted molar refractivity (Wildman–Crippen MR) is 64.3 cm³/mol. The first-order valence-corrected chi connectivity index (χ1v) is 6.82. The summed E-state index contributed by atoms with van der Waals surface area (Å²) in [4.78, 5) is 11.6. The van der Waals surface area contributed by atoms with Gasteiger partial charge < -0.3 is 4.74 Å². The van der Waals surface area contributed by atoms with E-state index in [1.807, 2.05) is 0 Å². The standard InChI is InChI=1S/C12H16O4S/c1-9(12(13)16-3)10(2)17(14,15)11-7-5-4-6-8-11/h4-10H,1-3H3. The summed E-state index contributed by atoms with van der Waals surface area (Å²) in [5, 5.41) is -0.808.